The zero-order valence-corrected chi connectivity index (χ0v) is 11.4. The Morgan fingerprint density at radius 2 is 1.94 bits per heavy atom. The van der Waals surface area contributed by atoms with Crippen LogP contribution in [0.1, 0.15) is 5.56 Å². The van der Waals surface area contributed by atoms with Crippen molar-refractivity contribution in [1.29, 1.82) is 0 Å². The number of H-pyrrole nitrogens is 1. The molecular formula is C14H10INO. The summed E-state index contributed by atoms with van der Waals surface area (Å²) in [6.45, 7) is 2.01. The fraction of sp³-hybridized carbons (Fsp3) is 0.0714. The van der Waals surface area contributed by atoms with Gasteiger partial charge in [-0.25, -0.2) is 0 Å². The van der Waals surface area contributed by atoms with E-state index in [9.17, 15) is 4.79 Å². The summed E-state index contributed by atoms with van der Waals surface area (Å²) in [5.41, 5.74) is 3.04. The van der Waals surface area contributed by atoms with Crippen molar-refractivity contribution in [1.82, 2.24) is 4.98 Å². The molecule has 0 radical (unpaired) electrons. The van der Waals surface area contributed by atoms with Crippen LogP contribution in [-0.4, -0.2) is 4.98 Å². The number of pyridine rings is 1. The zero-order valence-electron chi connectivity index (χ0n) is 9.25. The van der Waals surface area contributed by atoms with Gasteiger partial charge in [0.25, 0.3) is 0 Å². The molecule has 3 rings (SSSR count). The summed E-state index contributed by atoms with van der Waals surface area (Å²) in [7, 11) is 0. The summed E-state index contributed by atoms with van der Waals surface area (Å²) >= 11 is 2.22. The second kappa shape index (κ2) is 3.84. The first-order valence-electron chi connectivity index (χ1n) is 5.38. The Balaban J connectivity index is 2.62. The van der Waals surface area contributed by atoms with E-state index >= 15 is 0 Å². The molecule has 0 aliphatic heterocycles. The highest BCUT2D eigenvalue weighted by atomic mass is 127. The van der Waals surface area contributed by atoms with Crippen LogP contribution in [0.3, 0.4) is 0 Å². The Morgan fingerprint density at radius 3 is 2.76 bits per heavy atom. The number of benzene rings is 2. The van der Waals surface area contributed by atoms with Gasteiger partial charge in [-0.3, -0.25) is 4.79 Å². The average molecular weight is 335 g/mol. The van der Waals surface area contributed by atoms with Crippen molar-refractivity contribution in [3.05, 3.63) is 55.8 Å². The predicted octanol–water partition coefficient (Wildman–Crippen LogP) is 3.59. The number of aromatic nitrogens is 1. The van der Waals surface area contributed by atoms with Crippen LogP contribution in [0, 0.1) is 10.5 Å². The maximum atomic E-state index is 12.4. The summed E-state index contributed by atoms with van der Waals surface area (Å²) in [6, 6.07) is 11.7. The molecule has 0 unspecified atom stereocenters. The highest BCUT2D eigenvalue weighted by Crippen LogP contribution is 2.19. The molecule has 0 bridgehead atoms. The number of fused-ring (bicyclic) bond motifs is 2. The summed E-state index contributed by atoms with van der Waals surface area (Å²) < 4.78 is 1.08. The van der Waals surface area contributed by atoms with Gasteiger partial charge in [-0.15, -0.1) is 0 Å². The fourth-order valence-electron chi connectivity index (χ4n) is 2.12. The quantitative estimate of drug-likeness (QED) is 0.494. The van der Waals surface area contributed by atoms with Gasteiger partial charge in [-0.05, 0) is 59.3 Å². The van der Waals surface area contributed by atoms with Gasteiger partial charge in [-0.2, -0.15) is 0 Å². The molecule has 0 fully saturated rings. The largest absolute Gasteiger partial charge is 0.354 e. The lowest BCUT2D eigenvalue weighted by atomic mass is 10.1. The number of hydrogen-bond acceptors (Lipinski definition) is 1. The Bertz CT molecular complexity index is 782. The molecule has 0 amide bonds. The van der Waals surface area contributed by atoms with E-state index in [4.69, 9.17) is 0 Å². The van der Waals surface area contributed by atoms with Crippen LogP contribution in [0.2, 0.25) is 0 Å². The van der Waals surface area contributed by atoms with Crippen molar-refractivity contribution < 1.29 is 0 Å². The summed E-state index contributed by atoms with van der Waals surface area (Å²) in [4.78, 5) is 15.7. The van der Waals surface area contributed by atoms with Crippen LogP contribution >= 0.6 is 22.6 Å². The summed E-state index contributed by atoms with van der Waals surface area (Å²) in [6.07, 6.45) is 0. The molecule has 2 nitrogen and oxygen atoms in total. The molecule has 3 aromatic rings. The molecule has 0 aliphatic carbocycles. The summed E-state index contributed by atoms with van der Waals surface area (Å²) in [5, 5.41) is 1.52. The molecule has 0 saturated heterocycles. The Kier molecular flexibility index (Phi) is 2.43. The number of aryl methyl sites for hydroxylation is 1. The lowest BCUT2D eigenvalue weighted by Crippen LogP contribution is -2.05. The number of hydrogen-bond donors (Lipinski definition) is 1. The minimum absolute atomic E-state index is 0.107. The number of rotatable bonds is 0. The number of aromatic amines is 1. The monoisotopic (exact) mass is 335 g/mol. The van der Waals surface area contributed by atoms with Gasteiger partial charge in [0.15, 0.2) is 5.43 Å². The van der Waals surface area contributed by atoms with E-state index in [2.05, 4.69) is 27.6 Å². The first-order chi connectivity index (χ1) is 8.16. The van der Waals surface area contributed by atoms with Gasteiger partial charge in [-0.1, -0.05) is 12.1 Å². The molecule has 2 aromatic carbocycles. The second-order valence-electron chi connectivity index (χ2n) is 4.14. The Morgan fingerprint density at radius 1 is 1.12 bits per heavy atom. The minimum Gasteiger partial charge on any atom is -0.354 e. The summed E-state index contributed by atoms with van der Waals surface area (Å²) in [5.74, 6) is 0. The molecular weight excluding hydrogens is 325 g/mol. The van der Waals surface area contributed by atoms with E-state index in [1.54, 1.807) is 0 Å². The molecule has 1 heterocycles. The van der Waals surface area contributed by atoms with Gasteiger partial charge in [0.1, 0.15) is 0 Å². The van der Waals surface area contributed by atoms with Crippen LogP contribution in [-0.2, 0) is 0 Å². The van der Waals surface area contributed by atoms with Crippen LogP contribution < -0.4 is 5.43 Å². The lowest BCUT2D eigenvalue weighted by Gasteiger charge is -2.05. The fourth-order valence-corrected chi connectivity index (χ4v) is 2.61. The standard InChI is InChI=1S/C14H10INO/c1-8-3-2-4-10-13(8)16-12-6-5-9(15)7-11(12)14(10)17/h2-7H,1H3,(H,16,17). The second-order valence-corrected chi connectivity index (χ2v) is 5.39. The van der Waals surface area contributed by atoms with Crippen molar-refractivity contribution in [2.75, 3.05) is 0 Å². The molecule has 0 spiro atoms. The van der Waals surface area contributed by atoms with E-state index in [0.717, 1.165) is 30.9 Å². The van der Waals surface area contributed by atoms with Crippen molar-refractivity contribution in [2.45, 2.75) is 6.92 Å². The Labute approximate surface area is 112 Å². The molecule has 0 aliphatic rings. The molecule has 0 saturated carbocycles. The molecule has 1 aromatic heterocycles. The van der Waals surface area contributed by atoms with Crippen molar-refractivity contribution in [3.8, 4) is 0 Å². The van der Waals surface area contributed by atoms with E-state index in [1.807, 2.05) is 43.3 Å². The highest BCUT2D eigenvalue weighted by Gasteiger charge is 2.06. The maximum Gasteiger partial charge on any atom is 0.197 e. The SMILES string of the molecule is Cc1cccc2c(=O)c3cc(I)ccc3[nH]c12. The molecule has 0 atom stereocenters. The van der Waals surface area contributed by atoms with Gasteiger partial charge in [0, 0.05) is 19.9 Å². The van der Waals surface area contributed by atoms with E-state index in [1.165, 1.54) is 0 Å². The molecule has 17 heavy (non-hydrogen) atoms. The first-order valence-corrected chi connectivity index (χ1v) is 6.45. The number of para-hydroxylation sites is 1. The Hall–Kier alpha value is -1.36. The van der Waals surface area contributed by atoms with E-state index in [-0.39, 0.29) is 5.43 Å². The van der Waals surface area contributed by atoms with Crippen molar-refractivity contribution in [2.24, 2.45) is 0 Å². The number of halogens is 1. The smallest absolute Gasteiger partial charge is 0.197 e. The van der Waals surface area contributed by atoms with Crippen LogP contribution in [0.25, 0.3) is 21.8 Å². The van der Waals surface area contributed by atoms with Crippen molar-refractivity contribution in [3.63, 3.8) is 0 Å². The third-order valence-electron chi connectivity index (χ3n) is 3.00. The lowest BCUT2D eigenvalue weighted by molar-refractivity contribution is 1.41. The molecule has 1 N–H and O–H groups in total. The minimum atomic E-state index is 0.107. The maximum absolute atomic E-state index is 12.4. The van der Waals surface area contributed by atoms with E-state index < -0.39 is 0 Å². The van der Waals surface area contributed by atoms with Gasteiger partial charge in [0.05, 0.1) is 5.52 Å². The normalized spacial score (nSPS) is 11.2. The topological polar surface area (TPSA) is 32.9 Å². The average Bonchev–Trinajstić information content (AvgIpc) is 2.32. The highest BCUT2D eigenvalue weighted by molar-refractivity contribution is 14.1. The predicted molar refractivity (Wildman–Crippen MR) is 79.5 cm³/mol. The van der Waals surface area contributed by atoms with Crippen molar-refractivity contribution >= 4 is 44.4 Å². The van der Waals surface area contributed by atoms with Crippen LogP contribution in [0.15, 0.2) is 41.2 Å². The van der Waals surface area contributed by atoms with Gasteiger partial charge in [0.2, 0.25) is 0 Å². The van der Waals surface area contributed by atoms with Gasteiger partial charge < -0.3 is 4.98 Å². The zero-order chi connectivity index (χ0) is 12.0. The number of nitrogens with one attached hydrogen (secondary N) is 1. The van der Waals surface area contributed by atoms with Crippen LogP contribution in [0.5, 0.6) is 0 Å². The van der Waals surface area contributed by atoms with Crippen LogP contribution in [0.4, 0.5) is 0 Å². The van der Waals surface area contributed by atoms with Gasteiger partial charge >= 0.3 is 0 Å². The third-order valence-corrected chi connectivity index (χ3v) is 3.67. The molecule has 3 heteroatoms. The third kappa shape index (κ3) is 1.65. The van der Waals surface area contributed by atoms with E-state index in [0.29, 0.717) is 0 Å². The first kappa shape index (κ1) is 10.8. The molecule has 84 valence electrons.